The molecule has 0 radical (unpaired) electrons. The highest BCUT2D eigenvalue weighted by atomic mass is 32.1. The Morgan fingerprint density at radius 1 is 1.58 bits per heavy atom. The fourth-order valence-corrected chi connectivity index (χ4v) is 2.53. The van der Waals surface area contributed by atoms with Crippen LogP contribution in [0.5, 0.6) is 0 Å². The van der Waals surface area contributed by atoms with Gasteiger partial charge in [-0.1, -0.05) is 11.3 Å². The number of nitrogens with two attached hydrogens (primary N) is 1. The average molecular weight is 285 g/mol. The van der Waals surface area contributed by atoms with Crippen LogP contribution in [0.1, 0.15) is 17.8 Å². The Bertz CT molecular complexity index is 406. The lowest BCUT2D eigenvalue weighted by molar-refractivity contribution is -0.122. The number of hydrogen-bond donors (Lipinski definition) is 3. The summed E-state index contributed by atoms with van der Waals surface area (Å²) in [4.78, 5) is 11.7. The number of rotatable bonds is 6. The average Bonchev–Trinajstić information content (AvgIpc) is 2.82. The van der Waals surface area contributed by atoms with Gasteiger partial charge < -0.3 is 21.1 Å². The van der Waals surface area contributed by atoms with E-state index in [0.29, 0.717) is 24.7 Å². The van der Waals surface area contributed by atoms with Gasteiger partial charge in [0.1, 0.15) is 5.01 Å². The largest absolute Gasteiger partial charge is 0.378 e. The molecule has 2 rings (SSSR count). The van der Waals surface area contributed by atoms with Crippen molar-refractivity contribution >= 4 is 22.4 Å². The Hall–Kier alpha value is -1.25. The summed E-state index contributed by atoms with van der Waals surface area (Å²) >= 11 is 1.39. The molecule has 1 saturated heterocycles. The normalized spacial score (nSPS) is 19.3. The first-order chi connectivity index (χ1) is 9.24. The maximum Gasteiger partial charge on any atom is 0.221 e. The van der Waals surface area contributed by atoms with E-state index in [2.05, 4.69) is 20.8 Å². The lowest BCUT2D eigenvalue weighted by Gasteiger charge is -2.23. The minimum Gasteiger partial charge on any atom is -0.378 e. The van der Waals surface area contributed by atoms with E-state index in [4.69, 9.17) is 10.5 Å². The van der Waals surface area contributed by atoms with Gasteiger partial charge in [0.25, 0.3) is 0 Å². The van der Waals surface area contributed by atoms with Gasteiger partial charge >= 0.3 is 0 Å². The van der Waals surface area contributed by atoms with Crippen LogP contribution in [0, 0.1) is 0 Å². The van der Waals surface area contributed by atoms with E-state index in [1.807, 2.05) is 0 Å². The van der Waals surface area contributed by atoms with E-state index in [9.17, 15) is 4.79 Å². The number of hydrogen-bond acceptors (Lipinski definition) is 7. The molecule has 1 aliphatic heterocycles. The molecule has 0 unspecified atom stereocenters. The van der Waals surface area contributed by atoms with E-state index in [1.165, 1.54) is 11.3 Å². The molecule has 1 fully saturated rings. The lowest BCUT2D eigenvalue weighted by Crippen LogP contribution is -2.44. The number of morpholine rings is 1. The van der Waals surface area contributed by atoms with Crippen LogP contribution in [-0.2, 0) is 16.0 Å². The zero-order chi connectivity index (χ0) is 13.5. The number of aryl methyl sites for hydroxylation is 1. The first-order valence-corrected chi connectivity index (χ1v) is 7.21. The first kappa shape index (κ1) is 14.2. The summed E-state index contributed by atoms with van der Waals surface area (Å²) in [5, 5.41) is 15.2. The molecule has 1 atom stereocenters. The maximum absolute atomic E-state index is 11.7. The monoisotopic (exact) mass is 285 g/mol. The smallest absolute Gasteiger partial charge is 0.221 e. The van der Waals surface area contributed by atoms with Crippen molar-refractivity contribution in [2.24, 2.45) is 0 Å². The molecule has 4 N–H and O–H groups in total. The molecule has 0 bridgehead atoms. The SMILES string of the molecule is Nc1nnc(CCCNC(=O)C[C@H]2COCCN2)s1. The number of carbonyl (C=O) groups is 1. The Morgan fingerprint density at radius 2 is 2.47 bits per heavy atom. The summed E-state index contributed by atoms with van der Waals surface area (Å²) in [7, 11) is 0. The first-order valence-electron chi connectivity index (χ1n) is 6.39. The zero-order valence-electron chi connectivity index (χ0n) is 10.7. The number of anilines is 1. The van der Waals surface area contributed by atoms with Gasteiger partial charge in [0.15, 0.2) is 0 Å². The Balaban J connectivity index is 1.56. The van der Waals surface area contributed by atoms with Crippen molar-refractivity contribution in [1.82, 2.24) is 20.8 Å². The summed E-state index contributed by atoms with van der Waals surface area (Å²) in [5.74, 6) is 0.0553. The van der Waals surface area contributed by atoms with Crippen LogP contribution in [0.3, 0.4) is 0 Å². The molecule has 19 heavy (non-hydrogen) atoms. The molecule has 1 aromatic heterocycles. The third kappa shape index (κ3) is 5.09. The third-order valence-corrected chi connectivity index (χ3v) is 3.61. The van der Waals surface area contributed by atoms with Crippen LogP contribution in [-0.4, -0.2) is 48.4 Å². The maximum atomic E-state index is 11.7. The predicted molar refractivity (Wildman–Crippen MR) is 72.9 cm³/mol. The van der Waals surface area contributed by atoms with E-state index >= 15 is 0 Å². The van der Waals surface area contributed by atoms with Crippen molar-refractivity contribution in [3.8, 4) is 0 Å². The molecule has 7 nitrogen and oxygen atoms in total. The topological polar surface area (TPSA) is 102 Å². The highest BCUT2D eigenvalue weighted by Crippen LogP contribution is 2.12. The molecule has 0 spiro atoms. The van der Waals surface area contributed by atoms with E-state index in [-0.39, 0.29) is 11.9 Å². The van der Waals surface area contributed by atoms with Crippen molar-refractivity contribution in [3.63, 3.8) is 0 Å². The van der Waals surface area contributed by atoms with E-state index < -0.39 is 0 Å². The van der Waals surface area contributed by atoms with E-state index in [0.717, 1.165) is 31.0 Å². The molecule has 2 heterocycles. The number of nitrogen functional groups attached to an aromatic ring is 1. The summed E-state index contributed by atoms with van der Waals surface area (Å²) in [6.45, 7) is 2.79. The Morgan fingerprint density at radius 3 is 3.16 bits per heavy atom. The molecule has 0 saturated carbocycles. The highest BCUT2D eigenvalue weighted by Gasteiger charge is 2.16. The van der Waals surface area contributed by atoms with Gasteiger partial charge in [0, 0.05) is 32.0 Å². The molecule has 0 aliphatic carbocycles. The fraction of sp³-hybridized carbons (Fsp3) is 0.727. The molecule has 1 aromatic rings. The molecule has 1 aliphatic rings. The van der Waals surface area contributed by atoms with Crippen molar-refractivity contribution in [1.29, 1.82) is 0 Å². The van der Waals surface area contributed by atoms with E-state index in [1.54, 1.807) is 0 Å². The van der Waals surface area contributed by atoms with Gasteiger partial charge in [-0.25, -0.2) is 0 Å². The number of ether oxygens (including phenoxy) is 1. The van der Waals surface area contributed by atoms with Gasteiger partial charge in [-0.2, -0.15) is 0 Å². The number of amides is 1. The van der Waals surface area contributed by atoms with Gasteiger partial charge in [0.05, 0.1) is 13.2 Å². The van der Waals surface area contributed by atoms with Crippen LogP contribution in [0.4, 0.5) is 5.13 Å². The van der Waals surface area contributed by atoms with Gasteiger partial charge in [-0.15, -0.1) is 10.2 Å². The molecule has 8 heteroatoms. The molecular weight excluding hydrogens is 266 g/mol. The minimum absolute atomic E-state index is 0.0553. The van der Waals surface area contributed by atoms with Gasteiger partial charge in [0.2, 0.25) is 11.0 Å². The summed E-state index contributed by atoms with van der Waals surface area (Å²) in [6.07, 6.45) is 2.10. The number of aromatic nitrogens is 2. The van der Waals surface area contributed by atoms with Gasteiger partial charge in [-0.05, 0) is 6.42 Å². The highest BCUT2D eigenvalue weighted by molar-refractivity contribution is 7.15. The van der Waals surface area contributed by atoms with Crippen LogP contribution in [0.15, 0.2) is 0 Å². The lowest BCUT2D eigenvalue weighted by atomic mass is 10.2. The second-order valence-corrected chi connectivity index (χ2v) is 5.51. The fourth-order valence-electron chi connectivity index (χ4n) is 1.88. The summed E-state index contributed by atoms with van der Waals surface area (Å²) in [6, 6.07) is 0.136. The number of nitrogens with one attached hydrogen (secondary N) is 2. The summed E-state index contributed by atoms with van der Waals surface area (Å²) < 4.78 is 5.30. The quantitative estimate of drug-likeness (QED) is 0.612. The van der Waals surface area contributed by atoms with Crippen molar-refractivity contribution in [2.45, 2.75) is 25.3 Å². The second kappa shape index (κ2) is 7.37. The van der Waals surface area contributed by atoms with Crippen molar-refractivity contribution < 1.29 is 9.53 Å². The van der Waals surface area contributed by atoms with Crippen LogP contribution in [0.25, 0.3) is 0 Å². The Labute approximate surface area is 115 Å². The third-order valence-electron chi connectivity index (χ3n) is 2.80. The molecular formula is C11H19N5O2S. The van der Waals surface area contributed by atoms with Gasteiger partial charge in [-0.3, -0.25) is 4.79 Å². The molecule has 1 amide bonds. The van der Waals surface area contributed by atoms with Crippen molar-refractivity contribution in [2.75, 3.05) is 32.0 Å². The zero-order valence-corrected chi connectivity index (χ0v) is 11.5. The molecule has 106 valence electrons. The van der Waals surface area contributed by atoms with Crippen LogP contribution < -0.4 is 16.4 Å². The van der Waals surface area contributed by atoms with Crippen molar-refractivity contribution in [3.05, 3.63) is 5.01 Å². The standard InChI is InChI=1S/C11H19N5O2S/c12-11-16-15-10(19-11)2-1-3-14-9(17)6-8-7-18-5-4-13-8/h8,13H,1-7H2,(H2,12,16)(H,14,17)/t8-/m0/s1. The summed E-state index contributed by atoms with van der Waals surface area (Å²) in [5.41, 5.74) is 5.49. The molecule has 0 aromatic carbocycles. The minimum atomic E-state index is 0.0553. The predicted octanol–water partition coefficient (Wildman–Crippen LogP) is -0.452. The number of nitrogens with zero attached hydrogens (tertiary/aromatic N) is 2. The Kier molecular flexibility index (Phi) is 5.49. The number of carbonyl (C=O) groups excluding carboxylic acids is 1. The van der Waals surface area contributed by atoms with Crippen LogP contribution in [0.2, 0.25) is 0 Å². The van der Waals surface area contributed by atoms with Crippen LogP contribution >= 0.6 is 11.3 Å². The second-order valence-electron chi connectivity index (χ2n) is 4.42.